The Balaban J connectivity index is 1.79. The van der Waals surface area contributed by atoms with E-state index in [2.05, 4.69) is 122 Å². The molecule has 4 aromatic carbocycles. The lowest BCUT2D eigenvalue weighted by molar-refractivity contribution is 0.309. The Morgan fingerprint density at radius 2 is 1.03 bits per heavy atom. The molecule has 0 aliphatic rings. The molecule has 0 saturated carbocycles. The highest BCUT2D eigenvalue weighted by molar-refractivity contribution is 7.95. The van der Waals surface area contributed by atoms with Crippen molar-refractivity contribution in [2.75, 3.05) is 6.61 Å². The number of hydrogen-bond donors (Lipinski definition) is 0. The van der Waals surface area contributed by atoms with E-state index in [1.54, 1.807) is 0 Å². The highest BCUT2D eigenvalue weighted by Gasteiger charge is 2.45. The van der Waals surface area contributed by atoms with Gasteiger partial charge in [0.25, 0.3) is 0 Å². The second kappa shape index (κ2) is 10.4. The third-order valence-electron chi connectivity index (χ3n) is 5.70. The van der Waals surface area contributed by atoms with Crippen molar-refractivity contribution in [1.29, 1.82) is 0 Å². The predicted octanol–water partition coefficient (Wildman–Crippen LogP) is 6.36. The van der Waals surface area contributed by atoms with Crippen molar-refractivity contribution >= 4 is 23.2 Å². The van der Waals surface area contributed by atoms with Gasteiger partial charge >= 0.3 is 0 Å². The molecule has 0 unspecified atom stereocenters. The lowest BCUT2D eigenvalue weighted by Gasteiger charge is -2.28. The molecule has 0 aromatic heterocycles. The molecule has 0 bridgehead atoms. The van der Waals surface area contributed by atoms with Gasteiger partial charge in [-0.2, -0.15) is 0 Å². The predicted molar refractivity (Wildman–Crippen MR) is 136 cm³/mol. The van der Waals surface area contributed by atoms with Crippen LogP contribution in [0.1, 0.15) is 25.3 Å². The van der Waals surface area contributed by atoms with E-state index in [9.17, 15) is 0 Å². The molecule has 4 aromatic rings. The molecule has 31 heavy (non-hydrogen) atoms. The maximum atomic E-state index is 5.89. The van der Waals surface area contributed by atoms with Crippen LogP contribution >= 0.6 is 7.26 Å². The molecule has 0 saturated heterocycles. The van der Waals surface area contributed by atoms with E-state index in [-0.39, 0.29) is 0 Å². The van der Waals surface area contributed by atoms with E-state index in [1.807, 2.05) is 0 Å². The zero-order chi connectivity index (χ0) is 21.4. The smallest absolute Gasteiger partial charge is 0.119 e. The summed E-state index contributed by atoms with van der Waals surface area (Å²) in [6, 6.07) is 41.9. The fourth-order valence-corrected chi connectivity index (χ4v) is 8.31. The van der Waals surface area contributed by atoms with Gasteiger partial charge in [-0.1, -0.05) is 80.1 Å². The molecule has 0 amide bonds. The first kappa shape index (κ1) is 21.3. The second-order valence-corrected chi connectivity index (χ2v) is 11.3. The van der Waals surface area contributed by atoms with Crippen LogP contribution in [0.25, 0.3) is 0 Å². The Morgan fingerprint density at radius 3 is 1.45 bits per heavy atom. The Morgan fingerprint density at radius 1 is 0.581 bits per heavy atom. The summed E-state index contributed by atoms with van der Waals surface area (Å²) in [5, 5.41) is 4.24. The van der Waals surface area contributed by atoms with Crippen molar-refractivity contribution in [3.05, 3.63) is 121 Å². The summed E-state index contributed by atoms with van der Waals surface area (Å²) in [5.74, 6) is 0.959. The summed E-state index contributed by atoms with van der Waals surface area (Å²) in [6.07, 6.45) is 3.23. The Kier molecular flexibility index (Phi) is 7.18. The van der Waals surface area contributed by atoms with Gasteiger partial charge in [-0.15, -0.1) is 0 Å². The molecule has 0 fully saturated rings. The van der Waals surface area contributed by atoms with Crippen LogP contribution in [0.3, 0.4) is 0 Å². The standard InChI is InChI=1S/C29H30OP/c1-2-3-23-30-26-21-19-25(20-22-26)24-31(27-13-7-4-8-14-27,28-15-9-5-10-16-28)29-17-11-6-12-18-29/h4-22H,2-3,23-24H2,1H3/q+1. The summed E-state index contributed by atoms with van der Waals surface area (Å²) in [6.45, 7) is 2.97. The highest BCUT2D eigenvalue weighted by Crippen LogP contribution is 2.58. The first-order chi connectivity index (χ1) is 15.3. The van der Waals surface area contributed by atoms with Gasteiger partial charge in [-0.3, -0.25) is 0 Å². The van der Waals surface area contributed by atoms with Gasteiger partial charge in [0.05, 0.1) is 12.8 Å². The van der Waals surface area contributed by atoms with E-state index >= 15 is 0 Å². The van der Waals surface area contributed by atoms with Crippen LogP contribution < -0.4 is 20.7 Å². The molecular weight excluding hydrogens is 395 g/mol. The number of hydrogen-bond acceptors (Lipinski definition) is 1. The van der Waals surface area contributed by atoms with Crippen molar-refractivity contribution in [2.24, 2.45) is 0 Å². The lowest BCUT2D eigenvalue weighted by atomic mass is 10.2. The molecule has 0 radical (unpaired) electrons. The van der Waals surface area contributed by atoms with Gasteiger partial charge in [-0.05, 0) is 60.5 Å². The zero-order valence-corrected chi connectivity index (χ0v) is 19.0. The van der Waals surface area contributed by atoms with Gasteiger partial charge < -0.3 is 4.74 Å². The summed E-state index contributed by atoms with van der Waals surface area (Å²) < 4.78 is 5.89. The maximum Gasteiger partial charge on any atom is 0.119 e. The summed E-state index contributed by atoms with van der Waals surface area (Å²) >= 11 is 0. The van der Waals surface area contributed by atoms with E-state index in [0.717, 1.165) is 31.4 Å². The second-order valence-electron chi connectivity index (χ2n) is 7.82. The number of unbranched alkanes of at least 4 members (excludes halogenated alkanes) is 1. The first-order valence-corrected chi connectivity index (χ1v) is 13.1. The van der Waals surface area contributed by atoms with Gasteiger partial charge in [0.1, 0.15) is 28.9 Å². The van der Waals surface area contributed by atoms with E-state index in [1.165, 1.54) is 21.5 Å². The topological polar surface area (TPSA) is 9.23 Å². The van der Waals surface area contributed by atoms with Crippen LogP contribution in [-0.4, -0.2) is 6.61 Å². The third kappa shape index (κ3) is 4.89. The molecule has 0 atom stereocenters. The fraction of sp³-hybridized carbons (Fsp3) is 0.172. The minimum absolute atomic E-state index is 0.783. The van der Waals surface area contributed by atoms with Crippen LogP contribution in [-0.2, 0) is 6.16 Å². The molecule has 156 valence electrons. The van der Waals surface area contributed by atoms with Crippen LogP contribution in [0.15, 0.2) is 115 Å². The van der Waals surface area contributed by atoms with Gasteiger partial charge in [0, 0.05) is 0 Å². The average Bonchev–Trinajstić information content (AvgIpc) is 2.85. The van der Waals surface area contributed by atoms with Crippen LogP contribution in [0.2, 0.25) is 0 Å². The van der Waals surface area contributed by atoms with Gasteiger partial charge in [0.15, 0.2) is 0 Å². The Bertz CT molecular complexity index is 948. The third-order valence-corrected chi connectivity index (χ3v) is 10.1. The number of rotatable bonds is 9. The van der Waals surface area contributed by atoms with Crippen molar-refractivity contribution < 1.29 is 4.74 Å². The van der Waals surface area contributed by atoms with Crippen LogP contribution in [0.5, 0.6) is 5.75 Å². The minimum atomic E-state index is -1.86. The zero-order valence-electron chi connectivity index (χ0n) is 18.2. The molecule has 0 heterocycles. The highest BCUT2D eigenvalue weighted by atomic mass is 31.2. The summed E-state index contributed by atoms with van der Waals surface area (Å²) in [7, 11) is -1.86. The molecule has 0 aliphatic carbocycles. The molecule has 0 aliphatic heterocycles. The Hall–Kier alpha value is -2.89. The fourth-order valence-electron chi connectivity index (χ4n) is 4.07. The summed E-state index contributed by atoms with van der Waals surface area (Å²) in [4.78, 5) is 0. The average molecular weight is 426 g/mol. The Labute approximate surface area is 187 Å². The van der Waals surface area contributed by atoms with Crippen molar-refractivity contribution in [2.45, 2.75) is 25.9 Å². The molecule has 0 N–H and O–H groups in total. The SMILES string of the molecule is CCCCOc1ccc(C[P+](c2ccccc2)(c2ccccc2)c2ccccc2)cc1. The quantitative estimate of drug-likeness (QED) is 0.224. The van der Waals surface area contributed by atoms with Gasteiger partial charge in [0.2, 0.25) is 0 Å². The monoisotopic (exact) mass is 425 g/mol. The van der Waals surface area contributed by atoms with E-state index in [0.29, 0.717) is 0 Å². The summed E-state index contributed by atoms with van der Waals surface area (Å²) in [5.41, 5.74) is 1.34. The van der Waals surface area contributed by atoms with Crippen LogP contribution in [0, 0.1) is 0 Å². The van der Waals surface area contributed by atoms with E-state index < -0.39 is 7.26 Å². The molecular formula is C29H30OP+. The van der Waals surface area contributed by atoms with Crippen LogP contribution in [0.4, 0.5) is 0 Å². The normalized spacial score (nSPS) is 11.3. The minimum Gasteiger partial charge on any atom is -0.494 e. The molecule has 4 rings (SSSR count). The molecule has 1 nitrogen and oxygen atoms in total. The van der Waals surface area contributed by atoms with Gasteiger partial charge in [-0.25, -0.2) is 0 Å². The largest absolute Gasteiger partial charge is 0.494 e. The first-order valence-electron chi connectivity index (χ1n) is 11.1. The van der Waals surface area contributed by atoms with Crippen molar-refractivity contribution in [3.8, 4) is 5.75 Å². The maximum absolute atomic E-state index is 5.89. The molecule has 0 spiro atoms. The number of ether oxygens (including phenoxy) is 1. The van der Waals surface area contributed by atoms with Crippen molar-refractivity contribution in [3.63, 3.8) is 0 Å². The number of benzene rings is 4. The molecule has 2 heteroatoms. The lowest BCUT2D eigenvalue weighted by Crippen LogP contribution is -2.32. The van der Waals surface area contributed by atoms with E-state index in [4.69, 9.17) is 4.74 Å². The van der Waals surface area contributed by atoms with Crippen molar-refractivity contribution in [1.82, 2.24) is 0 Å².